The number of aliphatic hydroxyl groups is 1. The second kappa shape index (κ2) is 9.28. The number of likely N-dealkylation sites (N-methyl/N-ethyl adjacent to an activating group) is 1. The van der Waals surface area contributed by atoms with Crippen molar-refractivity contribution in [3.05, 3.63) is 30.3 Å². The van der Waals surface area contributed by atoms with Crippen molar-refractivity contribution in [1.29, 1.82) is 0 Å². The molecule has 9 nitrogen and oxygen atoms in total. The highest BCUT2D eigenvalue weighted by molar-refractivity contribution is 6.22. The Morgan fingerprint density at radius 3 is 2.28 bits per heavy atom. The summed E-state index contributed by atoms with van der Waals surface area (Å²) in [6, 6.07) is 8.46. The highest BCUT2D eigenvalue weighted by atomic mass is 16.6. The predicted molar refractivity (Wildman–Crippen MR) is 119 cm³/mol. The minimum atomic E-state index is -1.74. The summed E-state index contributed by atoms with van der Waals surface area (Å²) in [4.78, 5) is 53.1. The van der Waals surface area contributed by atoms with Crippen LogP contribution in [0, 0.1) is 11.3 Å². The number of hydrogen-bond donors (Lipinski definition) is 3. The van der Waals surface area contributed by atoms with Crippen LogP contribution in [0.1, 0.15) is 41.0 Å². The lowest BCUT2D eigenvalue weighted by molar-refractivity contribution is -0.147. The van der Waals surface area contributed by atoms with Gasteiger partial charge in [0.2, 0.25) is 5.91 Å². The molecule has 0 aliphatic carbocycles. The first-order valence-electron chi connectivity index (χ1n) is 10.5. The van der Waals surface area contributed by atoms with E-state index in [0.29, 0.717) is 5.69 Å². The van der Waals surface area contributed by atoms with Crippen LogP contribution in [0.5, 0.6) is 0 Å². The SMILES string of the molecule is CNC(=O)C1(C)C(=O)CC([C@@](C)(CO)CNC(=O)OC(C)(C)C)C(=O)N1c1ccccc1. The van der Waals surface area contributed by atoms with Gasteiger partial charge in [-0.3, -0.25) is 19.3 Å². The lowest BCUT2D eigenvalue weighted by atomic mass is 9.68. The number of Topliss-reactive ketones (excluding diaryl/α,β-unsaturated/α-hetero) is 1. The summed E-state index contributed by atoms with van der Waals surface area (Å²) in [5.74, 6) is -2.50. The number of aliphatic hydroxyl groups excluding tert-OH is 1. The standard InChI is InChI=1S/C23H33N3O6/c1-21(2,3)32-20(31)25-13-22(4,14-27)16-12-17(28)23(5,19(30)24-6)26(18(16)29)15-10-8-7-9-11-15/h7-11,16,27H,12-14H2,1-6H3,(H,24,30)(H,25,31)/t16?,22-,23?/m1/s1. The topological polar surface area (TPSA) is 125 Å². The van der Waals surface area contributed by atoms with E-state index in [1.807, 2.05) is 0 Å². The molecule has 32 heavy (non-hydrogen) atoms. The Morgan fingerprint density at radius 2 is 1.78 bits per heavy atom. The number of amides is 3. The summed E-state index contributed by atoms with van der Waals surface area (Å²) in [5.41, 5.74) is -3.23. The third-order valence-corrected chi connectivity index (χ3v) is 5.82. The Kier molecular flexibility index (Phi) is 7.34. The number of para-hydroxylation sites is 1. The summed E-state index contributed by atoms with van der Waals surface area (Å²) in [7, 11) is 1.41. The summed E-state index contributed by atoms with van der Waals surface area (Å²) in [5, 5.41) is 15.2. The minimum Gasteiger partial charge on any atom is -0.444 e. The van der Waals surface area contributed by atoms with Crippen molar-refractivity contribution in [2.24, 2.45) is 11.3 Å². The molecule has 1 heterocycles. The van der Waals surface area contributed by atoms with Crippen LogP contribution in [0.15, 0.2) is 30.3 Å². The average Bonchev–Trinajstić information content (AvgIpc) is 2.73. The van der Waals surface area contributed by atoms with E-state index in [2.05, 4.69) is 10.6 Å². The maximum absolute atomic E-state index is 13.7. The zero-order chi connectivity index (χ0) is 24.3. The van der Waals surface area contributed by atoms with E-state index < -0.39 is 52.8 Å². The Hall–Kier alpha value is -2.94. The van der Waals surface area contributed by atoms with Crippen LogP contribution in [0.2, 0.25) is 0 Å². The van der Waals surface area contributed by atoms with Gasteiger partial charge in [0, 0.05) is 31.1 Å². The number of nitrogens with one attached hydrogen (secondary N) is 2. The van der Waals surface area contributed by atoms with E-state index in [1.54, 1.807) is 58.0 Å². The predicted octanol–water partition coefficient (Wildman–Crippen LogP) is 1.64. The molecular weight excluding hydrogens is 414 g/mol. The van der Waals surface area contributed by atoms with Gasteiger partial charge >= 0.3 is 6.09 Å². The van der Waals surface area contributed by atoms with Gasteiger partial charge < -0.3 is 20.5 Å². The van der Waals surface area contributed by atoms with E-state index in [0.717, 1.165) is 0 Å². The summed E-state index contributed by atoms with van der Waals surface area (Å²) in [6.07, 6.45) is -0.944. The van der Waals surface area contributed by atoms with Crippen LogP contribution in [0.4, 0.5) is 10.5 Å². The van der Waals surface area contributed by atoms with Crippen molar-refractivity contribution < 1.29 is 29.0 Å². The normalized spacial score (nSPS) is 23.3. The van der Waals surface area contributed by atoms with Gasteiger partial charge in [0.05, 0.1) is 12.5 Å². The third-order valence-electron chi connectivity index (χ3n) is 5.82. The molecule has 1 aromatic rings. The number of ether oxygens (including phenoxy) is 1. The quantitative estimate of drug-likeness (QED) is 0.570. The number of alkyl carbamates (subject to hydrolysis) is 1. The molecule has 0 bridgehead atoms. The lowest BCUT2D eigenvalue weighted by Crippen LogP contribution is -2.70. The molecule has 0 aromatic heterocycles. The monoisotopic (exact) mass is 447 g/mol. The van der Waals surface area contributed by atoms with Gasteiger partial charge in [-0.15, -0.1) is 0 Å². The fourth-order valence-corrected chi connectivity index (χ4v) is 3.83. The van der Waals surface area contributed by atoms with Crippen molar-refractivity contribution in [2.75, 3.05) is 25.1 Å². The van der Waals surface area contributed by atoms with Gasteiger partial charge in [0.25, 0.3) is 5.91 Å². The molecular formula is C23H33N3O6. The second-order valence-electron chi connectivity index (χ2n) is 9.51. The van der Waals surface area contributed by atoms with E-state index in [-0.39, 0.29) is 13.0 Å². The molecule has 1 aliphatic heterocycles. The first kappa shape index (κ1) is 25.3. The number of anilines is 1. The summed E-state index contributed by atoms with van der Waals surface area (Å²) < 4.78 is 5.24. The Bertz CT molecular complexity index is 881. The van der Waals surface area contributed by atoms with E-state index in [9.17, 15) is 24.3 Å². The van der Waals surface area contributed by atoms with Crippen LogP contribution in [-0.4, -0.2) is 60.1 Å². The van der Waals surface area contributed by atoms with E-state index in [4.69, 9.17) is 4.74 Å². The summed E-state index contributed by atoms with van der Waals surface area (Å²) >= 11 is 0. The molecule has 9 heteroatoms. The molecule has 2 unspecified atom stereocenters. The number of carbonyl (C=O) groups excluding carboxylic acids is 4. The van der Waals surface area contributed by atoms with Crippen molar-refractivity contribution >= 4 is 29.4 Å². The van der Waals surface area contributed by atoms with E-state index in [1.165, 1.54) is 18.9 Å². The maximum Gasteiger partial charge on any atom is 0.407 e. The number of ketones is 1. The molecule has 3 atom stereocenters. The first-order valence-corrected chi connectivity index (χ1v) is 10.5. The van der Waals surface area contributed by atoms with Gasteiger partial charge in [0.15, 0.2) is 11.3 Å². The highest BCUT2D eigenvalue weighted by Gasteiger charge is 2.58. The summed E-state index contributed by atoms with van der Waals surface area (Å²) in [6.45, 7) is 7.64. The van der Waals surface area contributed by atoms with Gasteiger partial charge in [-0.05, 0) is 39.8 Å². The van der Waals surface area contributed by atoms with Crippen LogP contribution in [-0.2, 0) is 19.1 Å². The number of rotatable bonds is 6. The average molecular weight is 448 g/mol. The first-order chi connectivity index (χ1) is 14.8. The number of benzene rings is 1. The number of nitrogens with zero attached hydrogens (tertiary/aromatic N) is 1. The molecule has 3 amide bonds. The lowest BCUT2D eigenvalue weighted by Gasteiger charge is -2.48. The number of carbonyl (C=O) groups is 4. The zero-order valence-electron chi connectivity index (χ0n) is 19.5. The molecule has 1 saturated heterocycles. The van der Waals surface area contributed by atoms with E-state index >= 15 is 0 Å². The highest BCUT2D eigenvalue weighted by Crippen LogP contribution is 2.41. The van der Waals surface area contributed by atoms with Crippen LogP contribution >= 0.6 is 0 Å². The molecule has 1 aliphatic rings. The fraction of sp³-hybridized carbons (Fsp3) is 0.565. The fourth-order valence-electron chi connectivity index (χ4n) is 3.83. The van der Waals surface area contributed by atoms with Crippen molar-refractivity contribution in [3.63, 3.8) is 0 Å². The Morgan fingerprint density at radius 1 is 1.19 bits per heavy atom. The maximum atomic E-state index is 13.7. The van der Waals surface area contributed by atoms with Gasteiger partial charge in [-0.25, -0.2) is 4.79 Å². The van der Waals surface area contributed by atoms with Gasteiger partial charge in [-0.1, -0.05) is 25.1 Å². The van der Waals surface area contributed by atoms with Crippen LogP contribution < -0.4 is 15.5 Å². The molecule has 0 saturated carbocycles. The van der Waals surface area contributed by atoms with Gasteiger partial charge in [-0.2, -0.15) is 0 Å². The van der Waals surface area contributed by atoms with Gasteiger partial charge in [0.1, 0.15) is 5.60 Å². The largest absolute Gasteiger partial charge is 0.444 e. The van der Waals surface area contributed by atoms with Crippen molar-refractivity contribution in [3.8, 4) is 0 Å². The molecule has 176 valence electrons. The smallest absolute Gasteiger partial charge is 0.407 e. The minimum absolute atomic E-state index is 0.0958. The van der Waals surface area contributed by atoms with Crippen molar-refractivity contribution in [2.45, 2.75) is 52.2 Å². The van der Waals surface area contributed by atoms with Crippen LogP contribution in [0.3, 0.4) is 0 Å². The zero-order valence-corrected chi connectivity index (χ0v) is 19.5. The molecule has 0 spiro atoms. The molecule has 1 fully saturated rings. The van der Waals surface area contributed by atoms with Crippen molar-refractivity contribution in [1.82, 2.24) is 10.6 Å². The molecule has 0 radical (unpaired) electrons. The molecule has 1 aromatic carbocycles. The Labute approximate surface area is 188 Å². The van der Waals surface area contributed by atoms with Crippen LogP contribution in [0.25, 0.3) is 0 Å². The number of hydrogen-bond acceptors (Lipinski definition) is 6. The second-order valence-corrected chi connectivity index (χ2v) is 9.51. The molecule has 2 rings (SSSR count). The number of piperidine rings is 1. The molecule has 3 N–H and O–H groups in total. The third kappa shape index (κ3) is 4.93. The Balaban J connectivity index is 2.42.